The maximum absolute atomic E-state index is 12.3. The molecule has 7 heteroatoms. The highest BCUT2D eigenvalue weighted by atomic mass is 19.4. The quantitative estimate of drug-likeness (QED) is 0.582. The number of rotatable bonds is 2. The molecule has 1 aromatic rings. The molecule has 16 heavy (non-hydrogen) atoms. The summed E-state index contributed by atoms with van der Waals surface area (Å²) in [6.07, 6.45) is -4.59. The van der Waals surface area contributed by atoms with Gasteiger partial charge in [-0.2, -0.15) is 13.2 Å². The van der Waals surface area contributed by atoms with Crippen LogP contribution in [0.25, 0.3) is 0 Å². The van der Waals surface area contributed by atoms with Crippen LogP contribution in [0.1, 0.15) is 15.9 Å². The third kappa shape index (κ3) is 2.36. The molecule has 0 aliphatic heterocycles. The molecule has 0 aliphatic rings. The molecule has 0 radical (unpaired) electrons. The van der Waals surface area contributed by atoms with Crippen molar-refractivity contribution < 1.29 is 22.7 Å². The Balaban J connectivity index is 3.27. The lowest BCUT2D eigenvalue weighted by Crippen LogP contribution is -2.07. The number of nitrogens with zero attached hydrogens (tertiary/aromatic N) is 1. The summed E-state index contributed by atoms with van der Waals surface area (Å²) in [4.78, 5) is 21.4. The number of hydrogen-bond acceptors (Lipinski definition) is 4. The highest BCUT2D eigenvalue weighted by Gasteiger charge is 2.31. The van der Waals surface area contributed by atoms with E-state index >= 15 is 0 Å². The fourth-order valence-corrected chi connectivity index (χ4v) is 1.07. The fraction of sp³-hybridized carbons (Fsp3) is 0.222. The SMILES string of the molecule is COC(=O)c1ccc(C(F)(F)F)cc1N=O. The lowest BCUT2D eigenvalue weighted by atomic mass is 10.1. The van der Waals surface area contributed by atoms with Crippen LogP contribution in [0.4, 0.5) is 18.9 Å². The van der Waals surface area contributed by atoms with E-state index in [2.05, 4.69) is 9.91 Å². The monoisotopic (exact) mass is 233 g/mol. The van der Waals surface area contributed by atoms with E-state index in [4.69, 9.17) is 0 Å². The second kappa shape index (κ2) is 4.30. The van der Waals surface area contributed by atoms with Crippen molar-refractivity contribution >= 4 is 11.7 Å². The van der Waals surface area contributed by atoms with Crippen molar-refractivity contribution in [1.82, 2.24) is 0 Å². The van der Waals surface area contributed by atoms with Crippen LogP contribution in [-0.2, 0) is 10.9 Å². The standard InChI is InChI=1S/C9H6F3NO3/c1-16-8(14)6-3-2-5(9(10,11)12)4-7(6)13-15/h2-4H,1H3. The van der Waals surface area contributed by atoms with Gasteiger partial charge in [0, 0.05) is 0 Å². The van der Waals surface area contributed by atoms with E-state index in [0.29, 0.717) is 12.1 Å². The van der Waals surface area contributed by atoms with Crippen molar-refractivity contribution in [1.29, 1.82) is 0 Å². The van der Waals surface area contributed by atoms with E-state index in [-0.39, 0.29) is 5.56 Å². The highest BCUT2D eigenvalue weighted by Crippen LogP contribution is 2.33. The topological polar surface area (TPSA) is 55.7 Å². The Morgan fingerprint density at radius 3 is 2.44 bits per heavy atom. The lowest BCUT2D eigenvalue weighted by Gasteiger charge is -2.08. The van der Waals surface area contributed by atoms with Crippen molar-refractivity contribution in [2.75, 3.05) is 7.11 Å². The van der Waals surface area contributed by atoms with Crippen molar-refractivity contribution in [3.05, 3.63) is 34.2 Å². The molecule has 0 aromatic heterocycles. The summed E-state index contributed by atoms with van der Waals surface area (Å²) in [7, 11) is 1.05. The number of carbonyl (C=O) groups is 1. The number of hydrogen-bond donors (Lipinski definition) is 0. The Morgan fingerprint density at radius 1 is 1.38 bits per heavy atom. The first-order valence-electron chi connectivity index (χ1n) is 4.03. The number of ether oxygens (including phenoxy) is 1. The van der Waals surface area contributed by atoms with Crippen LogP contribution in [0.5, 0.6) is 0 Å². The van der Waals surface area contributed by atoms with Gasteiger partial charge in [0.15, 0.2) is 0 Å². The second-order valence-electron chi connectivity index (χ2n) is 2.81. The predicted octanol–water partition coefficient (Wildman–Crippen LogP) is 2.89. The number of halogens is 3. The molecule has 0 fully saturated rings. The van der Waals surface area contributed by atoms with Crippen molar-refractivity contribution in [3.8, 4) is 0 Å². The molecule has 0 amide bonds. The number of nitroso groups, excluding NO2 is 1. The van der Waals surface area contributed by atoms with Crippen LogP contribution < -0.4 is 0 Å². The molecule has 0 N–H and O–H groups in total. The van der Waals surface area contributed by atoms with Gasteiger partial charge < -0.3 is 4.74 Å². The Morgan fingerprint density at radius 2 is 2.00 bits per heavy atom. The molecule has 0 saturated heterocycles. The average molecular weight is 233 g/mol. The van der Waals surface area contributed by atoms with E-state index in [0.717, 1.165) is 13.2 Å². The minimum Gasteiger partial charge on any atom is -0.465 e. The Labute approximate surface area is 88.0 Å². The Bertz CT molecular complexity index is 428. The van der Waals surface area contributed by atoms with E-state index in [1.807, 2.05) is 0 Å². The van der Waals surface area contributed by atoms with Gasteiger partial charge in [0.1, 0.15) is 5.69 Å². The summed E-state index contributed by atoms with van der Waals surface area (Å²) in [6, 6.07) is 2.03. The Kier molecular flexibility index (Phi) is 3.26. The Hall–Kier alpha value is -1.92. The van der Waals surface area contributed by atoms with Crippen LogP contribution in [0.15, 0.2) is 23.4 Å². The van der Waals surface area contributed by atoms with Gasteiger partial charge in [-0.1, -0.05) is 0 Å². The third-order valence-corrected chi connectivity index (χ3v) is 1.83. The lowest BCUT2D eigenvalue weighted by molar-refractivity contribution is -0.137. The summed E-state index contributed by atoms with van der Waals surface area (Å²) in [6.45, 7) is 0. The van der Waals surface area contributed by atoms with Crippen LogP contribution in [0.3, 0.4) is 0 Å². The van der Waals surface area contributed by atoms with E-state index < -0.39 is 23.4 Å². The number of methoxy groups -OCH3 is 1. The van der Waals surface area contributed by atoms with Crippen LogP contribution >= 0.6 is 0 Å². The van der Waals surface area contributed by atoms with Gasteiger partial charge >= 0.3 is 12.1 Å². The number of alkyl halides is 3. The zero-order chi connectivity index (χ0) is 12.3. The zero-order valence-corrected chi connectivity index (χ0v) is 8.04. The molecule has 0 heterocycles. The second-order valence-corrected chi connectivity index (χ2v) is 2.81. The van der Waals surface area contributed by atoms with Gasteiger partial charge in [-0.15, -0.1) is 4.91 Å². The molecular weight excluding hydrogens is 227 g/mol. The van der Waals surface area contributed by atoms with Crippen LogP contribution in [0, 0.1) is 4.91 Å². The molecule has 1 rings (SSSR count). The molecule has 0 saturated carbocycles. The fourth-order valence-electron chi connectivity index (χ4n) is 1.07. The summed E-state index contributed by atoms with van der Waals surface area (Å²) in [5.74, 6) is -0.914. The van der Waals surface area contributed by atoms with Gasteiger partial charge in [-0.05, 0) is 23.4 Å². The number of benzene rings is 1. The summed E-state index contributed by atoms with van der Waals surface area (Å²) in [5.41, 5.74) is -1.94. The van der Waals surface area contributed by atoms with Gasteiger partial charge in [-0.3, -0.25) is 0 Å². The van der Waals surface area contributed by atoms with Crippen molar-refractivity contribution in [2.45, 2.75) is 6.18 Å². The highest BCUT2D eigenvalue weighted by molar-refractivity contribution is 5.94. The molecule has 1 aromatic carbocycles. The largest absolute Gasteiger partial charge is 0.465 e. The van der Waals surface area contributed by atoms with E-state index in [1.54, 1.807) is 0 Å². The maximum Gasteiger partial charge on any atom is 0.416 e. The average Bonchev–Trinajstić information content (AvgIpc) is 2.26. The van der Waals surface area contributed by atoms with E-state index in [1.165, 1.54) is 0 Å². The third-order valence-electron chi connectivity index (χ3n) is 1.83. The normalized spacial score (nSPS) is 11.0. The van der Waals surface area contributed by atoms with Gasteiger partial charge in [-0.25, -0.2) is 4.79 Å². The van der Waals surface area contributed by atoms with Crippen LogP contribution in [0.2, 0.25) is 0 Å². The first kappa shape index (κ1) is 12.2. The molecular formula is C9H6F3NO3. The minimum atomic E-state index is -4.59. The predicted molar refractivity (Wildman–Crippen MR) is 48.2 cm³/mol. The first-order chi connectivity index (χ1) is 7.40. The first-order valence-corrected chi connectivity index (χ1v) is 4.03. The van der Waals surface area contributed by atoms with Crippen LogP contribution in [-0.4, -0.2) is 13.1 Å². The zero-order valence-electron chi connectivity index (χ0n) is 8.04. The van der Waals surface area contributed by atoms with Crippen molar-refractivity contribution in [3.63, 3.8) is 0 Å². The van der Waals surface area contributed by atoms with Gasteiger partial charge in [0.25, 0.3) is 0 Å². The molecule has 0 unspecified atom stereocenters. The maximum atomic E-state index is 12.3. The van der Waals surface area contributed by atoms with Gasteiger partial charge in [0.2, 0.25) is 0 Å². The summed E-state index contributed by atoms with van der Waals surface area (Å²) >= 11 is 0. The summed E-state index contributed by atoms with van der Waals surface area (Å²) < 4.78 is 41.1. The molecule has 0 spiro atoms. The molecule has 0 bridgehead atoms. The smallest absolute Gasteiger partial charge is 0.416 e. The molecule has 0 atom stereocenters. The minimum absolute atomic E-state index is 0.300. The summed E-state index contributed by atoms with van der Waals surface area (Å²) in [5, 5.41) is 2.36. The number of carbonyl (C=O) groups excluding carboxylic acids is 1. The van der Waals surface area contributed by atoms with Crippen molar-refractivity contribution in [2.24, 2.45) is 5.18 Å². The molecule has 86 valence electrons. The molecule has 0 aliphatic carbocycles. The van der Waals surface area contributed by atoms with E-state index in [9.17, 15) is 22.9 Å². The van der Waals surface area contributed by atoms with Gasteiger partial charge in [0.05, 0.1) is 18.2 Å². The number of esters is 1. The molecule has 4 nitrogen and oxygen atoms in total.